The van der Waals surface area contributed by atoms with Gasteiger partial charge in [-0.2, -0.15) is 0 Å². The molecule has 5 nitrogen and oxygen atoms in total. The Balaban J connectivity index is 1.74. The van der Waals surface area contributed by atoms with Crippen molar-refractivity contribution in [3.63, 3.8) is 0 Å². The maximum Gasteiger partial charge on any atom is 0.225 e. The number of halogens is 1. The fourth-order valence-electron chi connectivity index (χ4n) is 1.75. The van der Waals surface area contributed by atoms with Gasteiger partial charge >= 0.3 is 0 Å². The molecule has 1 saturated heterocycles. The highest BCUT2D eigenvalue weighted by atomic mass is 35.5. The van der Waals surface area contributed by atoms with Gasteiger partial charge in [0.25, 0.3) is 0 Å². The molecule has 2 rings (SSSR count). The van der Waals surface area contributed by atoms with Crippen molar-refractivity contribution in [3.8, 4) is 0 Å². The minimum absolute atomic E-state index is 0.0721. The summed E-state index contributed by atoms with van der Waals surface area (Å²) < 4.78 is 5.44. The zero-order valence-electron chi connectivity index (χ0n) is 9.36. The fourth-order valence-corrected chi connectivity index (χ4v) is 1.85. The van der Waals surface area contributed by atoms with Crippen molar-refractivity contribution in [1.29, 1.82) is 0 Å². The van der Waals surface area contributed by atoms with Gasteiger partial charge in [-0.3, -0.25) is 4.79 Å². The number of amides is 1. The van der Waals surface area contributed by atoms with Gasteiger partial charge in [-0.25, -0.2) is 0 Å². The number of rotatable bonds is 4. The molecule has 0 spiro atoms. The van der Waals surface area contributed by atoms with Gasteiger partial charge < -0.3 is 10.1 Å². The number of hydrogen-bond acceptors (Lipinski definition) is 4. The second-order valence-electron chi connectivity index (χ2n) is 3.96. The van der Waals surface area contributed by atoms with Crippen LogP contribution in [0.3, 0.4) is 0 Å². The van der Waals surface area contributed by atoms with Crippen LogP contribution in [-0.2, 0) is 9.53 Å². The van der Waals surface area contributed by atoms with Gasteiger partial charge in [0.15, 0.2) is 11.0 Å². The van der Waals surface area contributed by atoms with E-state index in [1.54, 1.807) is 12.1 Å². The third-order valence-electron chi connectivity index (χ3n) is 2.62. The standard InChI is InChI=1S/C11H14ClN3O2/c12-9-4-5-10(15-14-9)13-11(16)6-3-8-2-1-7-17-8/h4-5,8H,1-3,6-7H2,(H,13,15,16). The van der Waals surface area contributed by atoms with Crippen LogP contribution < -0.4 is 5.32 Å². The molecule has 1 unspecified atom stereocenters. The van der Waals surface area contributed by atoms with E-state index in [9.17, 15) is 4.79 Å². The summed E-state index contributed by atoms with van der Waals surface area (Å²) in [6, 6.07) is 3.21. The zero-order valence-corrected chi connectivity index (χ0v) is 10.1. The first-order chi connectivity index (χ1) is 8.24. The largest absolute Gasteiger partial charge is 0.378 e. The minimum Gasteiger partial charge on any atom is -0.378 e. The van der Waals surface area contributed by atoms with Crippen molar-refractivity contribution in [2.24, 2.45) is 0 Å². The molecule has 0 saturated carbocycles. The van der Waals surface area contributed by atoms with Crippen molar-refractivity contribution in [1.82, 2.24) is 10.2 Å². The lowest BCUT2D eigenvalue weighted by Crippen LogP contribution is -2.16. The summed E-state index contributed by atoms with van der Waals surface area (Å²) in [4.78, 5) is 11.6. The van der Waals surface area contributed by atoms with Crippen molar-refractivity contribution < 1.29 is 9.53 Å². The number of ether oxygens (including phenoxy) is 1. The average Bonchev–Trinajstić information content (AvgIpc) is 2.83. The first kappa shape index (κ1) is 12.3. The monoisotopic (exact) mass is 255 g/mol. The lowest BCUT2D eigenvalue weighted by molar-refractivity contribution is -0.116. The molecule has 1 N–H and O–H groups in total. The second-order valence-corrected chi connectivity index (χ2v) is 4.35. The lowest BCUT2D eigenvalue weighted by atomic mass is 10.1. The Morgan fingerprint density at radius 1 is 1.53 bits per heavy atom. The van der Waals surface area contributed by atoms with Crippen LogP contribution in [0.1, 0.15) is 25.7 Å². The summed E-state index contributed by atoms with van der Waals surface area (Å²) in [6.45, 7) is 0.814. The molecule has 1 aliphatic rings. The van der Waals surface area contributed by atoms with E-state index in [4.69, 9.17) is 16.3 Å². The first-order valence-corrected chi connectivity index (χ1v) is 6.02. The first-order valence-electron chi connectivity index (χ1n) is 5.65. The van der Waals surface area contributed by atoms with Crippen LogP contribution >= 0.6 is 11.6 Å². The molecular formula is C11H14ClN3O2. The Morgan fingerprint density at radius 2 is 2.41 bits per heavy atom. The highest BCUT2D eigenvalue weighted by molar-refractivity contribution is 6.29. The molecule has 1 amide bonds. The van der Waals surface area contributed by atoms with Gasteiger partial charge in [0.05, 0.1) is 6.10 Å². The van der Waals surface area contributed by atoms with Crippen LogP contribution in [0.15, 0.2) is 12.1 Å². The van der Waals surface area contributed by atoms with Gasteiger partial charge in [0.1, 0.15) is 0 Å². The smallest absolute Gasteiger partial charge is 0.225 e. The third kappa shape index (κ3) is 3.94. The van der Waals surface area contributed by atoms with Crippen molar-refractivity contribution in [2.75, 3.05) is 11.9 Å². The highest BCUT2D eigenvalue weighted by Gasteiger charge is 2.16. The summed E-state index contributed by atoms with van der Waals surface area (Å²) in [5, 5.41) is 10.4. The SMILES string of the molecule is O=C(CCC1CCCO1)Nc1ccc(Cl)nn1. The number of anilines is 1. The van der Waals surface area contributed by atoms with Crippen LogP contribution in [0, 0.1) is 0 Å². The summed E-state index contributed by atoms with van der Waals surface area (Å²) in [7, 11) is 0. The van der Waals surface area contributed by atoms with Gasteiger partial charge in [-0.1, -0.05) is 11.6 Å². The molecule has 92 valence electrons. The van der Waals surface area contributed by atoms with E-state index in [0.717, 1.165) is 25.9 Å². The number of carbonyl (C=O) groups excluding carboxylic acids is 1. The summed E-state index contributed by atoms with van der Waals surface area (Å²) >= 11 is 5.59. The minimum atomic E-state index is -0.0721. The highest BCUT2D eigenvalue weighted by Crippen LogP contribution is 2.17. The van der Waals surface area contributed by atoms with Crippen molar-refractivity contribution in [3.05, 3.63) is 17.3 Å². The molecule has 1 fully saturated rings. The van der Waals surface area contributed by atoms with E-state index in [1.165, 1.54) is 0 Å². The van der Waals surface area contributed by atoms with Crippen LogP contribution in [0.4, 0.5) is 5.82 Å². The molecule has 17 heavy (non-hydrogen) atoms. The molecular weight excluding hydrogens is 242 g/mol. The van der Waals surface area contributed by atoms with E-state index in [2.05, 4.69) is 15.5 Å². The summed E-state index contributed by atoms with van der Waals surface area (Å²) in [6.07, 6.45) is 3.57. The fraction of sp³-hybridized carbons (Fsp3) is 0.545. The summed E-state index contributed by atoms with van der Waals surface area (Å²) in [5.41, 5.74) is 0. The number of hydrogen-bond donors (Lipinski definition) is 1. The molecule has 2 heterocycles. The molecule has 0 bridgehead atoms. The van der Waals surface area contributed by atoms with Crippen molar-refractivity contribution in [2.45, 2.75) is 31.8 Å². The Hall–Kier alpha value is -1.20. The molecule has 1 aromatic heterocycles. The van der Waals surface area contributed by atoms with Gasteiger partial charge in [0, 0.05) is 13.0 Å². The number of nitrogens with zero attached hydrogens (tertiary/aromatic N) is 2. The second kappa shape index (κ2) is 5.93. The molecule has 1 aliphatic heterocycles. The quantitative estimate of drug-likeness (QED) is 0.894. The molecule has 1 aromatic rings. The van der Waals surface area contributed by atoms with E-state index in [-0.39, 0.29) is 12.0 Å². The van der Waals surface area contributed by atoms with Gasteiger partial charge in [-0.05, 0) is 31.4 Å². The van der Waals surface area contributed by atoms with E-state index >= 15 is 0 Å². The average molecular weight is 256 g/mol. The maximum atomic E-state index is 11.6. The topological polar surface area (TPSA) is 64.1 Å². The molecule has 0 aromatic carbocycles. The Bertz CT molecular complexity index is 377. The predicted molar refractivity (Wildman–Crippen MR) is 63.9 cm³/mol. The van der Waals surface area contributed by atoms with E-state index < -0.39 is 0 Å². The lowest BCUT2D eigenvalue weighted by Gasteiger charge is -2.08. The molecule has 6 heteroatoms. The van der Waals surface area contributed by atoms with Crippen LogP contribution in [0.25, 0.3) is 0 Å². The molecule has 0 radical (unpaired) electrons. The Labute approximate surface area is 105 Å². The van der Waals surface area contributed by atoms with Crippen molar-refractivity contribution >= 4 is 23.3 Å². The Morgan fingerprint density at radius 3 is 3.06 bits per heavy atom. The van der Waals surface area contributed by atoms with Gasteiger partial charge in [-0.15, -0.1) is 10.2 Å². The Kier molecular flexibility index (Phi) is 4.28. The third-order valence-corrected chi connectivity index (χ3v) is 2.82. The van der Waals surface area contributed by atoms with Crippen LogP contribution in [0.5, 0.6) is 0 Å². The number of nitrogens with one attached hydrogen (secondary N) is 1. The molecule has 1 atom stereocenters. The van der Waals surface area contributed by atoms with Crippen LogP contribution in [-0.4, -0.2) is 28.8 Å². The number of carbonyl (C=O) groups is 1. The van der Waals surface area contributed by atoms with Crippen LogP contribution in [0.2, 0.25) is 5.15 Å². The number of aromatic nitrogens is 2. The normalized spacial score (nSPS) is 19.2. The van der Waals surface area contributed by atoms with E-state index in [1.807, 2.05) is 0 Å². The zero-order chi connectivity index (χ0) is 12.1. The molecule has 0 aliphatic carbocycles. The van der Waals surface area contributed by atoms with E-state index in [0.29, 0.717) is 17.4 Å². The van der Waals surface area contributed by atoms with Gasteiger partial charge in [0.2, 0.25) is 5.91 Å². The maximum absolute atomic E-state index is 11.6. The predicted octanol–water partition coefficient (Wildman–Crippen LogP) is 2.03. The summed E-state index contributed by atoms with van der Waals surface area (Å²) in [5.74, 6) is 0.351.